The van der Waals surface area contributed by atoms with E-state index in [4.69, 9.17) is 4.74 Å². The van der Waals surface area contributed by atoms with Crippen LogP contribution in [0.25, 0.3) is 0 Å². The van der Waals surface area contributed by atoms with Crippen LogP contribution in [-0.2, 0) is 4.74 Å². The smallest absolute Gasteiger partial charge is 0.104 e. The van der Waals surface area contributed by atoms with E-state index in [0.717, 1.165) is 32.0 Å². The highest BCUT2D eigenvalue weighted by atomic mass is 16.5. The van der Waals surface area contributed by atoms with Gasteiger partial charge < -0.3 is 4.74 Å². The van der Waals surface area contributed by atoms with Crippen molar-refractivity contribution >= 4 is 0 Å². The number of nitriles is 1. The predicted molar refractivity (Wildman–Crippen MR) is 74.3 cm³/mol. The summed E-state index contributed by atoms with van der Waals surface area (Å²) in [6, 6.07) is 2.71. The van der Waals surface area contributed by atoms with Gasteiger partial charge in [0.15, 0.2) is 0 Å². The monoisotopic (exact) mass is 252 g/mol. The molecule has 1 N–H and O–H groups in total. The fourth-order valence-corrected chi connectivity index (χ4v) is 2.46. The van der Waals surface area contributed by atoms with Crippen LogP contribution in [0.5, 0.6) is 0 Å². The van der Waals surface area contributed by atoms with Crippen molar-refractivity contribution in [2.45, 2.75) is 70.9 Å². The molecule has 0 spiro atoms. The van der Waals surface area contributed by atoms with E-state index in [2.05, 4.69) is 25.2 Å². The van der Waals surface area contributed by atoms with Crippen LogP contribution in [0.1, 0.15) is 59.3 Å². The molecule has 0 amide bonds. The van der Waals surface area contributed by atoms with Crippen LogP contribution < -0.4 is 5.32 Å². The molecule has 1 aliphatic carbocycles. The van der Waals surface area contributed by atoms with E-state index in [0.29, 0.717) is 6.04 Å². The van der Waals surface area contributed by atoms with Crippen molar-refractivity contribution < 1.29 is 4.74 Å². The average Bonchev–Trinajstić information content (AvgIpc) is 2.24. The number of nitrogens with one attached hydrogen (secondary N) is 1. The average molecular weight is 252 g/mol. The molecule has 0 radical (unpaired) electrons. The number of hydrogen-bond acceptors (Lipinski definition) is 3. The summed E-state index contributed by atoms with van der Waals surface area (Å²) < 4.78 is 5.65. The summed E-state index contributed by atoms with van der Waals surface area (Å²) in [5, 5.41) is 12.5. The zero-order chi connectivity index (χ0) is 13.4. The van der Waals surface area contributed by atoms with Crippen LogP contribution in [-0.4, -0.2) is 24.8 Å². The Labute approximate surface area is 112 Å². The fraction of sp³-hybridized carbons (Fsp3) is 0.933. The third-order valence-electron chi connectivity index (χ3n) is 3.71. The number of hydrogen-bond donors (Lipinski definition) is 1. The lowest BCUT2D eigenvalue weighted by Crippen LogP contribution is -2.45. The summed E-state index contributed by atoms with van der Waals surface area (Å²) in [5.41, 5.74) is -0.411. The van der Waals surface area contributed by atoms with Gasteiger partial charge in [-0.25, -0.2) is 0 Å². The lowest BCUT2D eigenvalue weighted by atomic mass is 9.83. The van der Waals surface area contributed by atoms with E-state index >= 15 is 0 Å². The first-order valence-corrected chi connectivity index (χ1v) is 7.32. The highest BCUT2D eigenvalue weighted by molar-refractivity contribution is 5.04. The Morgan fingerprint density at radius 1 is 1.39 bits per heavy atom. The molecule has 1 rings (SSSR count). The molecule has 0 aromatic carbocycles. The number of rotatable bonds is 9. The quantitative estimate of drug-likeness (QED) is 0.641. The Hall–Kier alpha value is -0.590. The topological polar surface area (TPSA) is 45.0 Å². The van der Waals surface area contributed by atoms with Crippen molar-refractivity contribution in [1.29, 1.82) is 5.26 Å². The molecule has 0 aromatic rings. The first-order chi connectivity index (χ1) is 8.56. The molecule has 1 fully saturated rings. The summed E-state index contributed by atoms with van der Waals surface area (Å²) >= 11 is 0. The zero-order valence-corrected chi connectivity index (χ0v) is 12.2. The van der Waals surface area contributed by atoms with Gasteiger partial charge in [0.25, 0.3) is 0 Å². The zero-order valence-electron chi connectivity index (χ0n) is 12.2. The summed E-state index contributed by atoms with van der Waals surface area (Å²) in [4.78, 5) is 0. The molecule has 1 saturated carbocycles. The number of nitrogens with zero attached hydrogens (tertiary/aromatic N) is 1. The Kier molecular flexibility index (Phi) is 6.67. The molecule has 3 heteroatoms. The predicted octanol–water partition coefficient (Wildman–Crippen LogP) is 3.25. The van der Waals surface area contributed by atoms with Crippen LogP contribution in [0.3, 0.4) is 0 Å². The summed E-state index contributed by atoms with van der Waals surface area (Å²) in [6.45, 7) is 7.80. The molecular weight excluding hydrogens is 224 g/mol. The molecule has 0 heterocycles. The van der Waals surface area contributed by atoms with E-state index in [1.807, 2.05) is 6.92 Å². The van der Waals surface area contributed by atoms with Crippen LogP contribution in [0, 0.1) is 17.2 Å². The number of ether oxygens (including phenoxy) is 1. The Balaban J connectivity index is 2.02. The van der Waals surface area contributed by atoms with Crippen molar-refractivity contribution in [1.82, 2.24) is 5.32 Å². The van der Waals surface area contributed by atoms with E-state index in [1.165, 1.54) is 25.7 Å². The highest BCUT2D eigenvalue weighted by Gasteiger charge is 2.23. The van der Waals surface area contributed by atoms with Crippen molar-refractivity contribution in [3.05, 3.63) is 0 Å². The molecule has 0 saturated heterocycles. The minimum absolute atomic E-state index is 0.342. The third-order valence-corrected chi connectivity index (χ3v) is 3.71. The molecular formula is C15H28N2O. The maximum atomic E-state index is 9.20. The van der Waals surface area contributed by atoms with E-state index in [1.54, 1.807) is 0 Å². The molecule has 1 unspecified atom stereocenters. The van der Waals surface area contributed by atoms with E-state index in [9.17, 15) is 5.26 Å². The maximum Gasteiger partial charge on any atom is 0.104 e. The molecule has 0 bridgehead atoms. The van der Waals surface area contributed by atoms with Gasteiger partial charge in [0.05, 0.1) is 6.07 Å². The van der Waals surface area contributed by atoms with E-state index in [-0.39, 0.29) is 0 Å². The van der Waals surface area contributed by atoms with Gasteiger partial charge in [-0.2, -0.15) is 5.26 Å². The van der Waals surface area contributed by atoms with Gasteiger partial charge in [0.1, 0.15) is 5.54 Å². The summed E-state index contributed by atoms with van der Waals surface area (Å²) in [6.07, 6.45) is 7.23. The lowest BCUT2D eigenvalue weighted by molar-refractivity contribution is 0.100. The van der Waals surface area contributed by atoms with Crippen LogP contribution in [0.15, 0.2) is 0 Å². The molecule has 0 aromatic heterocycles. The van der Waals surface area contributed by atoms with Crippen molar-refractivity contribution in [2.75, 3.05) is 13.2 Å². The summed E-state index contributed by atoms with van der Waals surface area (Å²) in [5.74, 6) is 0.928. The first kappa shape index (κ1) is 15.5. The Morgan fingerprint density at radius 2 is 2.11 bits per heavy atom. The third kappa shape index (κ3) is 5.84. The second-order valence-electron chi connectivity index (χ2n) is 6.04. The first-order valence-electron chi connectivity index (χ1n) is 7.32. The van der Waals surface area contributed by atoms with Crippen LogP contribution in [0.2, 0.25) is 0 Å². The van der Waals surface area contributed by atoms with Gasteiger partial charge in [-0.05, 0) is 46.0 Å². The van der Waals surface area contributed by atoms with Gasteiger partial charge in [-0.15, -0.1) is 0 Å². The van der Waals surface area contributed by atoms with Crippen molar-refractivity contribution in [2.24, 2.45) is 5.92 Å². The SMILES string of the molecule is CC(C)NC(C)(C#N)CCCOCCC1CCC1. The largest absolute Gasteiger partial charge is 0.381 e. The van der Waals surface area contributed by atoms with Crippen LogP contribution in [0.4, 0.5) is 0 Å². The molecule has 1 atom stereocenters. The van der Waals surface area contributed by atoms with Gasteiger partial charge in [0.2, 0.25) is 0 Å². The summed E-state index contributed by atoms with van der Waals surface area (Å²) in [7, 11) is 0. The maximum absolute atomic E-state index is 9.20. The van der Waals surface area contributed by atoms with Gasteiger partial charge >= 0.3 is 0 Å². The molecule has 18 heavy (non-hydrogen) atoms. The molecule has 0 aliphatic heterocycles. The van der Waals surface area contributed by atoms with Gasteiger partial charge in [-0.1, -0.05) is 19.3 Å². The fourth-order valence-electron chi connectivity index (χ4n) is 2.46. The van der Waals surface area contributed by atoms with Crippen LogP contribution >= 0.6 is 0 Å². The molecule has 1 aliphatic rings. The second kappa shape index (κ2) is 7.76. The standard InChI is InChI=1S/C15H28N2O/c1-13(2)17-15(3,12-16)9-5-10-18-11-8-14-6-4-7-14/h13-14,17H,4-11H2,1-3H3. The van der Waals surface area contributed by atoms with Crippen molar-refractivity contribution in [3.63, 3.8) is 0 Å². The highest BCUT2D eigenvalue weighted by Crippen LogP contribution is 2.29. The second-order valence-corrected chi connectivity index (χ2v) is 6.04. The molecule has 3 nitrogen and oxygen atoms in total. The minimum Gasteiger partial charge on any atom is -0.381 e. The molecule has 104 valence electrons. The Morgan fingerprint density at radius 3 is 2.61 bits per heavy atom. The lowest BCUT2D eigenvalue weighted by Gasteiger charge is -2.26. The van der Waals surface area contributed by atoms with E-state index < -0.39 is 5.54 Å². The van der Waals surface area contributed by atoms with Gasteiger partial charge in [0, 0.05) is 19.3 Å². The normalized spacial score (nSPS) is 19.3. The Bertz CT molecular complexity index is 268. The van der Waals surface area contributed by atoms with Gasteiger partial charge in [-0.3, -0.25) is 5.32 Å². The van der Waals surface area contributed by atoms with Crippen molar-refractivity contribution in [3.8, 4) is 6.07 Å². The minimum atomic E-state index is -0.411.